The number of hydrogen-bond acceptors (Lipinski definition) is 3. The van der Waals surface area contributed by atoms with Crippen LogP contribution in [-0.4, -0.2) is 42.2 Å². The molecule has 1 saturated heterocycles. The predicted octanol–water partition coefficient (Wildman–Crippen LogP) is 1.59. The highest BCUT2D eigenvalue weighted by molar-refractivity contribution is 5.80. The minimum atomic E-state index is -0.947. The molecule has 4 nitrogen and oxygen atoms in total. The summed E-state index contributed by atoms with van der Waals surface area (Å²) in [6.45, 7) is 7.17. The molecule has 1 aliphatic heterocycles. The monoisotopic (exact) mass is 262 g/mol. The number of benzene rings is 1. The average molecular weight is 262 g/mol. The van der Waals surface area contributed by atoms with Crippen LogP contribution in [0, 0.1) is 6.92 Å². The molecule has 0 aromatic heterocycles. The van der Waals surface area contributed by atoms with E-state index >= 15 is 0 Å². The highest BCUT2D eigenvalue weighted by Crippen LogP contribution is 2.31. The molecule has 1 aromatic rings. The molecule has 2 rings (SSSR count). The normalized spacial score (nSPS) is 20.5. The van der Waals surface area contributed by atoms with Crippen molar-refractivity contribution >= 4 is 5.97 Å². The molecule has 104 valence electrons. The van der Waals surface area contributed by atoms with Gasteiger partial charge in [-0.25, -0.2) is 4.79 Å². The maximum atomic E-state index is 11.9. The van der Waals surface area contributed by atoms with Gasteiger partial charge in [-0.2, -0.15) is 0 Å². The van der Waals surface area contributed by atoms with Gasteiger partial charge in [0.15, 0.2) is 0 Å². The lowest BCUT2D eigenvalue weighted by molar-refractivity contribution is -0.151. The predicted molar refractivity (Wildman–Crippen MR) is 75.2 cm³/mol. The molecule has 0 saturated carbocycles. The van der Waals surface area contributed by atoms with Crippen LogP contribution in [-0.2, 0) is 10.3 Å². The van der Waals surface area contributed by atoms with E-state index in [1.807, 2.05) is 38.1 Å². The lowest BCUT2D eigenvalue weighted by atomic mass is 9.86. The number of rotatable bonds is 3. The van der Waals surface area contributed by atoms with Gasteiger partial charge < -0.3 is 10.4 Å². The number of nitrogens with zero attached hydrogens (tertiary/aromatic N) is 1. The van der Waals surface area contributed by atoms with Gasteiger partial charge in [0.05, 0.1) is 0 Å². The Kier molecular flexibility index (Phi) is 4.22. The van der Waals surface area contributed by atoms with Crippen molar-refractivity contribution in [3.05, 3.63) is 35.4 Å². The number of carboxylic acid groups (broad SMARTS) is 1. The number of hydrogen-bond donors (Lipinski definition) is 2. The van der Waals surface area contributed by atoms with Gasteiger partial charge >= 0.3 is 5.97 Å². The van der Waals surface area contributed by atoms with Crippen LogP contribution in [0.5, 0.6) is 0 Å². The van der Waals surface area contributed by atoms with Crippen molar-refractivity contribution in [1.82, 2.24) is 10.2 Å². The van der Waals surface area contributed by atoms with Crippen molar-refractivity contribution in [2.45, 2.75) is 25.8 Å². The van der Waals surface area contributed by atoms with E-state index < -0.39 is 11.5 Å². The Bertz CT molecular complexity index is 453. The molecule has 4 heteroatoms. The third-order valence-corrected chi connectivity index (χ3v) is 4.06. The van der Waals surface area contributed by atoms with E-state index in [0.29, 0.717) is 0 Å². The van der Waals surface area contributed by atoms with Crippen molar-refractivity contribution in [2.75, 3.05) is 26.2 Å². The van der Waals surface area contributed by atoms with Crippen LogP contribution >= 0.6 is 0 Å². The molecule has 1 aliphatic rings. The fourth-order valence-corrected chi connectivity index (χ4v) is 2.83. The van der Waals surface area contributed by atoms with Crippen LogP contribution in [0.15, 0.2) is 24.3 Å². The molecule has 0 radical (unpaired) electrons. The Balaban J connectivity index is 2.42. The Labute approximate surface area is 114 Å². The Morgan fingerprint density at radius 2 is 2.05 bits per heavy atom. The summed E-state index contributed by atoms with van der Waals surface area (Å²) in [7, 11) is 0. The van der Waals surface area contributed by atoms with E-state index in [0.717, 1.165) is 43.7 Å². The first-order valence-electron chi connectivity index (χ1n) is 6.82. The number of aryl methyl sites for hydroxylation is 1. The topological polar surface area (TPSA) is 52.6 Å². The first-order chi connectivity index (χ1) is 9.06. The van der Waals surface area contributed by atoms with Crippen LogP contribution in [0.2, 0.25) is 0 Å². The second-order valence-corrected chi connectivity index (χ2v) is 5.28. The minimum absolute atomic E-state index is 0.761. The molecule has 1 unspecified atom stereocenters. The van der Waals surface area contributed by atoms with Gasteiger partial charge in [0.1, 0.15) is 5.54 Å². The van der Waals surface area contributed by atoms with E-state index in [9.17, 15) is 9.90 Å². The SMILES string of the molecule is Cc1ccccc1C(C)(C(=O)O)N1CCCNCC1. The van der Waals surface area contributed by atoms with Gasteiger partial charge in [-0.1, -0.05) is 24.3 Å². The maximum absolute atomic E-state index is 11.9. The fraction of sp³-hybridized carbons (Fsp3) is 0.533. The van der Waals surface area contributed by atoms with Gasteiger partial charge in [0.2, 0.25) is 0 Å². The third-order valence-electron chi connectivity index (χ3n) is 4.06. The summed E-state index contributed by atoms with van der Waals surface area (Å²) < 4.78 is 0. The number of carbonyl (C=O) groups is 1. The van der Waals surface area contributed by atoms with Gasteiger partial charge in [-0.05, 0) is 37.9 Å². The number of carboxylic acids is 1. The van der Waals surface area contributed by atoms with E-state index in [2.05, 4.69) is 10.2 Å². The first-order valence-corrected chi connectivity index (χ1v) is 6.82. The maximum Gasteiger partial charge on any atom is 0.328 e. The lowest BCUT2D eigenvalue weighted by Gasteiger charge is -2.38. The van der Waals surface area contributed by atoms with Crippen molar-refractivity contribution < 1.29 is 9.90 Å². The summed E-state index contributed by atoms with van der Waals surface area (Å²) in [5, 5.41) is 13.1. The summed E-state index contributed by atoms with van der Waals surface area (Å²) in [5.74, 6) is -0.774. The number of aliphatic carboxylic acids is 1. The van der Waals surface area contributed by atoms with Gasteiger partial charge in [0, 0.05) is 19.6 Å². The highest BCUT2D eigenvalue weighted by atomic mass is 16.4. The summed E-state index contributed by atoms with van der Waals surface area (Å²) in [5.41, 5.74) is 0.978. The summed E-state index contributed by atoms with van der Waals surface area (Å²) in [6.07, 6.45) is 0.981. The van der Waals surface area contributed by atoms with Crippen molar-refractivity contribution in [3.8, 4) is 0 Å². The molecular weight excluding hydrogens is 240 g/mol. The van der Waals surface area contributed by atoms with Crippen LogP contribution in [0.25, 0.3) is 0 Å². The standard InChI is InChI=1S/C15H22N2O2/c1-12-6-3-4-7-13(12)15(2,14(18)19)17-10-5-8-16-9-11-17/h3-4,6-7,16H,5,8-11H2,1-2H3,(H,18,19). The van der Waals surface area contributed by atoms with E-state index in [4.69, 9.17) is 0 Å². The smallest absolute Gasteiger partial charge is 0.328 e. The largest absolute Gasteiger partial charge is 0.480 e. The zero-order chi connectivity index (χ0) is 13.9. The number of nitrogens with one attached hydrogen (secondary N) is 1. The van der Waals surface area contributed by atoms with Gasteiger partial charge in [-0.15, -0.1) is 0 Å². The third kappa shape index (κ3) is 2.65. The Morgan fingerprint density at radius 1 is 1.32 bits per heavy atom. The van der Waals surface area contributed by atoms with Crippen LogP contribution < -0.4 is 5.32 Å². The van der Waals surface area contributed by atoms with Crippen LogP contribution in [0.4, 0.5) is 0 Å². The summed E-state index contributed by atoms with van der Waals surface area (Å²) in [4.78, 5) is 14.0. The highest BCUT2D eigenvalue weighted by Gasteiger charge is 2.42. The van der Waals surface area contributed by atoms with Crippen molar-refractivity contribution in [1.29, 1.82) is 0 Å². The lowest BCUT2D eigenvalue weighted by Crippen LogP contribution is -2.51. The molecule has 0 spiro atoms. The molecule has 19 heavy (non-hydrogen) atoms. The molecule has 1 heterocycles. The zero-order valence-electron chi connectivity index (χ0n) is 11.6. The Hall–Kier alpha value is -1.39. The van der Waals surface area contributed by atoms with Gasteiger partial charge in [0.25, 0.3) is 0 Å². The van der Waals surface area contributed by atoms with E-state index in [-0.39, 0.29) is 0 Å². The van der Waals surface area contributed by atoms with Crippen molar-refractivity contribution in [2.24, 2.45) is 0 Å². The molecule has 0 aliphatic carbocycles. The first kappa shape index (κ1) is 14.0. The molecular formula is C15H22N2O2. The fourth-order valence-electron chi connectivity index (χ4n) is 2.83. The molecule has 1 fully saturated rings. The quantitative estimate of drug-likeness (QED) is 0.868. The van der Waals surface area contributed by atoms with E-state index in [1.165, 1.54) is 0 Å². The second-order valence-electron chi connectivity index (χ2n) is 5.28. The van der Waals surface area contributed by atoms with Crippen LogP contribution in [0.1, 0.15) is 24.5 Å². The van der Waals surface area contributed by atoms with Crippen LogP contribution in [0.3, 0.4) is 0 Å². The molecule has 1 aromatic carbocycles. The van der Waals surface area contributed by atoms with Gasteiger partial charge in [-0.3, -0.25) is 4.90 Å². The average Bonchev–Trinajstić information content (AvgIpc) is 2.67. The Morgan fingerprint density at radius 3 is 2.74 bits per heavy atom. The second kappa shape index (κ2) is 5.72. The van der Waals surface area contributed by atoms with Crippen molar-refractivity contribution in [3.63, 3.8) is 0 Å². The summed E-state index contributed by atoms with van der Waals surface area (Å²) in [6, 6.07) is 7.78. The minimum Gasteiger partial charge on any atom is -0.480 e. The molecule has 2 N–H and O–H groups in total. The molecule has 0 amide bonds. The molecule has 1 atom stereocenters. The molecule has 0 bridgehead atoms. The van der Waals surface area contributed by atoms with E-state index in [1.54, 1.807) is 0 Å². The summed E-state index contributed by atoms with van der Waals surface area (Å²) >= 11 is 0. The zero-order valence-corrected chi connectivity index (χ0v) is 11.6.